The summed E-state index contributed by atoms with van der Waals surface area (Å²) in [7, 11) is 0. The van der Waals surface area contributed by atoms with Gasteiger partial charge in [0, 0.05) is 25.9 Å². The fourth-order valence-electron chi connectivity index (χ4n) is 3.48. The fraction of sp³-hybridized carbons (Fsp3) is 0.400. The number of anilines is 2. The molecule has 0 bridgehead atoms. The van der Waals surface area contributed by atoms with Gasteiger partial charge in [-0.15, -0.1) is 0 Å². The fourth-order valence-corrected chi connectivity index (χ4v) is 3.48. The number of aliphatic hydroxyl groups is 1. The average molecular weight is 387 g/mol. The summed E-state index contributed by atoms with van der Waals surface area (Å²) < 4.78 is 24.6. The molecule has 0 saturated carbocycles. The number of carbonyl (C=O) groups excluding carboxylic acids is 1. The van der Waals surface area contributed by atoms with E-state index in [-0.39, 0.29) is 18.5 Å². The molecule has 148 valence electrons. The van der Waals surface area contributed by atoms with Crippen LogP contribution in [0.5, 0.6) is 5.75 Å². The second-order valence-corrected chi connectivity index (χ2v) is 6.91. The first-order valence-electron chi connectivity index (χ1n) is 9.35. The van der Waals surface area contributed by atoms with E-state index < -0.39 is 12.2 Å². The average Bonchev–Trinajstić information content (AvgIpc) is 3.11. The number of aliphatic hydroxyl groups excluding tert-OH is 1. The van der Waals surface area contributed by atoms with Crippen molar-refractivity contribution in [1.82, 2.24) is 4.98 Å². The van der Waals surface area contributed by atoms with Crippen LogP contribution >= 0.6 is 0 Å². The zero-order valence-corrected chi connectivity index (χ0v) is 15.3. The van der Waals surface area contributed by atoms with Crippen molar-refractivity contribution in [3.05, 3.63) is 48.4 Å². The Morgan fingerprint density at radius 1 is 1.21 bits per heavy atom. The van der Waals surface area contributed by atoms with Crippen molar-refractivity contribution < 1.29 is 23.8 Å². The monoisotopic (exact) mass is 387 g/mol. The van der Waals surface area contributed by atoms with Crippen molar-refractivity contribution in [3.63, 3.8) is 0 Å². The molecule has 1 amide bonds. The minimum Gasteiger partial charge on any atom is -0.487 e. The number of piperidine rings is 1. The molecule has 0 radical (unpaired) electrons. The smallest absolute Gasteiger partial charge is 0.414 e. The number of amides is 1. The Balaban J connectivity index is 1.34. The molecule has 0 aliphatic carbocycles. The molecule has 0 unspecified atom stereocenters. The standard InChI is InChI=1S/C20H22FN3O4/c21-17-3-1-2-4-18(17)27-15-7-9-23(10-8-15)19-6-5-14(11-22-19)24-12-16(13-25)28-20(24)26/h1-6,11,15-16,25H,7-10,12-13H2/t16-/m0/s1. The van der Waals surface area contributed by atoms with Crippen molar-refractivity contribution in [3.8, 4) is 5.75 Å². The molecule has 2 fully saturated rings. The number of pyridine rings is 1. The van der Waals surface area contributed by atoms with E-state index in [0.717, 1.165) is 31.7 Å². The topological polar surface area (TPSA) is 75.1 Å². The highest BCUT2D eigenvalue weighted by Gasteiger charge is 2.32. The number of benzene rings is 1. The molecule has 1 N–H and O–H groups in total. The molecule has 2 aliphatic heterocycles. The number of hydrogen-bond donors (Lipinski definition) is 1. The van der Waals surface area contributed by atoms with Gasteiger partial charge < -0.3 is 19.5 Å². The van der Waals surface area contributed by atoms with Gasteiger partial charge in [-0.1, -0.05) is 12.1 Å². The molecule has 0 spiro atoms. The predicted octanol–water partition coefficient (Wildman–Crippen LogP) is 2.59. The van der Waals surface area contributed by atoms with Crippen LogP contribution < -0.4 is 14.5 Å². The maximum atomic E-state index is 13.7. The first-order chi connectivity index (χ1) is 13.6. The number of ether oxygens (including phenoxy) is 2. The van der Waals surface area contributed by atoms with Gasteiger partial charge in [0.2, 0.25) is 0 Å². The third-order valence-corrected chi connectivity index (χ3v) is 5.02. The van der Waals surface area contributed by atoms with Crippen molar-refractivity contribution >= 4 is 17.6 Å². The zero-order valence-electron chi connectivity index (χ0n) is 15.3. The Morgan fingerprint density at radius 3 is 2.64 bits per heavy atom. The molecule has 7 nitrogen and oxygen atoms in total. The summed E-state index contributed by atoms with van der Waals surface area (Å²) in [5, 5.41) is 9.14. The Labute approximate surface area is 162 Å². The van der Waals surface area contributed by atoms with E-state index in [0.29, 0.717) is 18.0 Å². The second kappa shape index (κ2) is 8.02. The lowest BCUT2D eigenvalue weighted by Gasteiger charge is -2.33. The maximum Gasteiger partial charge on any atom is 0.414 e. The lowest BCUT2D eigenvalue weighted by molar-refractivity contribution is 0.0963. The van der Waals surface area contributed by atoms with Crippen LogP contribution in [-0.4, -0.2) is 54.6 Å². The summed E-state index contributed by atoms with van der Waals surface area (Å²) in [6.45, 7) is 1.63. The van der Waals surface area contributed by atoms with Crippen molar-refractivity contribution in [2.75, 3.05) is 36.0 Å². The summed E-state index contributed by atoms with van der Waals surface area (Å²) in [4.78, 5) is 19.9. The van der Waals surface area contributed by atoms with E-state index in [4.69, 9.17) is 14.6 Å². The molecular formula is C20H22FN3O4. The van der Waals surface area contributed by atoms with Gasteiger partial charge in [0.25, 0.3) is 0 Å². The van der Waals surface area contributed by atoms with Gasteiger partial charge >= 0.3 is 6.09 Å². The molecule has 1 aromatic carbocycles. The number of rotatable bonds is 5. The van der Waals surface area contributed by atoms with Crippen molar-refractivity contribution in [1.29, 1.82) is 0 Å². The molecule has 1 aromatic heterocycles. The number of para-hydroxylation sites is 1. The summed E-state index contributed by atoms with van der Waals surface area (Å²) in [6.07, 6.45) is 2.18. The maximum absolute atomic E-state index is 13.7. The Morgan fingerprint density at radius 2 is 2.00 bits per heavy atom. The number of nitrogens with zero attached hydrogens (tertiary/aromatic N) is 3. The van der Waals surface area contributed by atoms with Gasteiger partial charge in [0.15, 0.2) is 11.6 Å². The predicted molar refractivity (Wildman–Crippen MR) is 101 cm³/mol. The SMILES string of the molecule is O=C1O[C@H](CO)CN1c1ccc(N2CCC(Oc3ccccc3F)CC2)nc1. The van der Waals surface area contributed by atoms with Crippen LogP contribution in [0.25, 0.3) is 0 Å². The van der Waals surface area contributed by atoms with E-state index in [2.05, 4.69) is 9.88 Å². The lowest BCUT2D eigenvalue weighted by Crippen LogP contribution is -2.38. The van der Waals surface area contributed by atoms with E-state index in [1.165, 1.54) is 11.0 Å². The van der Waals surface area contributed by atoms with Gasteiger partial charge in [-0.05, 0) is 24.3 Å². The number of cyclic esters (lactones) is 1. The van der Waals surface area contributed by atoms with Gasteiger partial charge in [-0.25, -0.2) is 14.2 Å². The molecular weight excluding hydrogens is 365 g/mol. The summed E-state index contributed by atoms with van der Waals surface area (Å²) in [5.74, 6) is 0.771. The summed E-state index contributed by atoms with van der Waals surface area (Å²) in [5.41, 5.74) is 0.641. The van der Waals surface area contributed by atoms with Crippen LogP contribution in [0, 0.1) is 5.82 Å². The molecule has 3 heterocycles. The van der Waals surface area contributed by atoms with Crippen LogP contribution in [0.15, 0.2) is 42.6 Å². The Kier molecular flexibility index (Phi) is 5.29. The van der Waals surface area contributed by atoms with Gasteiger partial charge in [0.1, 0.15) is 18.0 Å². The molecule has 2 aromatic rings. The van der Waals surface area contributed by atoms with E-state index in [9.17, 15) is 9.18 Å². The molecule has 8 heteroatoms. The van der Waals surface area contributed by atoms with Crippen LogP contribution in [0.1, 0.15) is 12.8 Å². The minimum atomic E-state index is -0.499. The molecule has 4 rings (SSSR count). The van der Waals surface area contributed by atoms with Gasteiger partial charge in [-0.2, -0.15) is 0 Å². The van der Waals surface area contributed by atoms with Crippen LogP contribution in [0.2, 0.25) is 0 Å². The summed E-state index contributed by atoms with van der Waals surface area (Å²) >= 11 is 0. The Hall–Kier alpha value is -2.87. The van der Waals surface area contributed by atoms with Crippen LogP contribution in [0.3, 0.4) is 0 Å². The van der Waals surface area contributed by atoms with E-state index in [1.807, 2.05) is 12.1 Å². The molecule has 2 aliphatic rings. The van der Waals surface area contributed by atoms with E-state index in [1.54, 1.807) is 24.4 Å². The number of aromatic nitrogens is 1. The van der Waals surface area contributed by atoms with Crippen LogP contribution in [-0.2, 0) is 4.74 Å². The minimum absolute atomic E-state index is 0.0257. The quantitative estimate of drug-likeness (QED) is 0.850. The van der Waals surface area contributed by atoms with Gasteiger partial charge in [-0.3, -0.25) is 4.90 Å². The Bertz CT molecular complexity index is 824. The normalized spacial score (nSPS) is 20.4. The molecule has 28 heavy (non-hydrogen) atoms. The largest absolute Gasteiger partial charge is 0.487 e. The third-order valence-electron chi connectivity index (χ3n) is 5.02. The lowest BCUT2D eigenvalue weighted by atomic mass is 10.1. The van der Waals surface area contributed by atoms with Crippen molar-refractivity contribution in [2.45, 2.75) is 25.0 Å². The first kappa shape index (κ1) is 18.5. The van der Waals surface area contributed by atoms with Gasteiger partial charge in [0.05, 0.1) is 25.0 Å². The number of hydrogen-bond acceptors (Lipinski definition) is 6. The molecule has 1 atom stereocenters. The van der Waals surface area contributed by atoms with E-state index >= 15 is 0 Å². The van der Waals surface area contributed by atoms with Crippen molar-refractivity contribution in [2.24, 2.45) is 0 Å². The molecule has 2 saturated heterocycles. The number of carbonyl (C=O) groups is 1. The summed E-state index contributed by atoms with van der Waals surface area (Å²) in [6, 6.07) is 10.1. The third kappa shape index (κ3) is 3.87. The highest BCUT2D eigenvalue weighted by Crippen LogP contribution is 2.26. The second-order valence-electron chi connectivity index (χ2n) is 6.91. The first-order valence-corrected chi connectivity index (χ1v) is 9.35. The number of halogens is 1. The zero-order chi connectivity index (χ0) is 19.5. The highest BCUT2D eigenvalue weighted by atomic mass is 19.1. The van der Waals surface area contributed by atoms with Crippen LogP contribution in [0.4, 0.5) is 20.7 Å². The highest BCUT2D eigenvalue weighted by molar-refractivity contribution is 5.89.